The van der Waals surface area contributed by atoms with E-state index < -0.39 is 0 Å². The van der Waals surface area contributed by atoms with E-state index in [0.29, 0.717) is 0 Å². The van der Waals surface area contributed by atoms with Crippen molar-refractivity contribution in [3.63, 3.8) is 0 Å². The molecule has 0 saturated heterocycles. The average molecular weight is 184 g/mol. The maximum absolute atomic E-state index is 5.22. The summed E-state index contributed by atoms with van der Waals surface area (Å²) in [4.78, 5) is 0. The van der Waals surface area contributed by atoms with Crippen LogP contribution in [0.5, 0.6) is 0 Å². The van der Waals surface area contributed by atoms with Gasteiger partial charge in [-0.1, -0.05) is 0 Å². The van der Waals surface area contributed by atoms with E-state index in [1.54, 1.807) is 6.21 Å². The van der Waals surface area contributed by atoms with Crippen molar-refractivity contribution in [3.05, 3.63) is 23.7 Å². The summed E-state index contributed by atoms with van der Waals surface area (Å²) in [6, 6.07) is 3.71. The average Bonchev–Trinajstić information content (AvgIpc) is 2.35. The summed E-state index contributed by atoms with van der Waals surface area (Å²) in [5, 5.41) is 2.87. The van der Waals surface area contributed by atoms with Gasteiger partial charge >= 0.3 is 0 Å². The van der Waals surface area contributed by atoms with Gasteiger partial charge in [0.1, 0.15) is 5.76 Å². The van der Waals surface area contributed by atoms with Gasteiger partial charge in [-0.15, -0.1) is 10.5 Å². The highest BCUT2D eigenvalue weighted by Gasteiger charge is 1.96. The highest BCUT2D eigenvalue weighted by Crippen LogP contribution is 2.01. The van der Waals surface area contributed by atoms with Crippen molar-refractivity contribution < 1.29 is 9.52 Å². The molecule has 1 aromatic heterocycles. The van der Waals surface area contributed by atoms with Gasteiger partial charge in [-0.05, 0) is 31.3 Å². The van der Waals surface area contributed by atoms with Crippen molar-refractivity contribution in [3.8, 4) is 0 Å². The van der Waals surface area contributed by atoms with E-state index >= 15 is 0 Å². The maximum atomic E-state index is 5.22. The summed E-state index contributed by atoms with van der Waals surface area (Å²) in [6.07, 6.45) is 1.63. The van der Waals surface area contributed by atoms with E-state index in [2.05, 4.69) is 22.7 Å². The summed E-state index contributed by atoms with van der Waals surface area (Å²) in [7, 11) is 0. The van der Waals surface area contributed by atoms with Gasteiger partial charge in [0.05, 0.1) is 0 Å². The normalized spacial score (nSPS) is 10.4. The Morgan fingerprint density at radius 2 is 2.50 bits per heavy atom. The molecule has 0 amide bonds. The minimum atomic E-state index is 0.189. The first-order chi connectivity index (χ1) is 5.68. The van der Waals surface area contributed by atoms with Crippen LogP contribution >= 0.6 is 12.2 Å². The minimum absolute atomic E-state index is 0.189. The van der Waals surface area contributed by atoms with Crippen LogP contribution in [0.1, 0.15) is 11.5 Å². The number of hydrazine groups is 1. The lowest BCUT2D eigenvalue weighted by Gasteiger charge is -1.85. The van der Waals surface area contributed by atoms with Gasteiger partial charge in [-0.3, -0.25) is 0 Å². The molecule has 1 heterocycles. The molecule has 5 heteroatoms. The molecular weight excluding hydrogens is 174 g/mol. The predicted octanol–water partition coefficient (Wildman–Crippen LogP) is -1.16. The third-order valence-electron chi connectivity index (χ3n) is 1.17. The van der Waals surface area contributed by atoms with Crippen LogP contribution in [-0.4, -0.2) is 11.3 Å². The van der Waals surface area contributed by atoms with Crippen LogP contribution in [0.3, 0.4) is 0 Å². The number of thiocarbonyl (C=S) groups is 1. The molecule has 1 rings (SSSR count). The molecule has 12 heavy (non-hydrogen) atoms. The number of hydrazone groups is 1. The van der Waals surface area contributed by atoms with Gasteiger partial charge in [0.2, 0.25) is 11.3 Å². The van der Waals surface area contributed by atoms with Gasteiger partial charge in [0, 0.05) is 0 Å². The van der Waals surface area contributed by atoms with Crippen molar-refractivity contribution in [1.82, 2.24) is 5.43 Å². The topological polar surface area (TPSA) is 65.2 Å². The lowest BCUT2D eigenvalue weighted by molar-refractivity contribution is -0.500. The number of rotatable bonds is 2. The molecule has 0 aliphatic rings. The first-order valence-corrected chi connectivity index (χ1v) is 3.80. The van der Waals surface area contributed by atoms with Crippen molar-refractivity contribution in [2.45, 2.75) is 6.92 Å². The first-order valence-electron chi connectivity index (χ1n) is 3.39. The van der Waals surface area contributed by atoms with Gasteiger partial charge < -0.3 is 10.2 Å². The molecule has 4 nitrogen and oxygen atoms in total. The fourth-order valence-corrected chi connectivity index (χ4v) is 0.768. The van der Waals surface area contributed by atoms with Gasteiger partial charge in [-0.2, -0.15) is 0 Å². The molecule has 0 bridgehead atoms. The Bertz CT molecular complexity index is 305. The summed E-state index contributed by atoms with van der Waals surface area (Å²) in [5.74, 6) is 1.58. The molecular formula is C7H10N3OS+. The van der Waals surface area contributed by atoms with Crippen LogP contribution in [0.15, 0.2) is 16.5 Å². The van der Waals surface area contributed by atoms with Crippen LogP contribution in [0, 0.1) is 6.92 Å². The monoisotopic (exact) mass is 184 g/mol. The van der Waals surface area contributed by atoms with Crippen molar-refractivity contribution >= 4 is 23.5 Å². The van der Waals surface area contributed by atoms with Gasteiger partial charge in [0.25, 0.3) is 0 Å². The standard InChI is InChI=1S/C7H9N3OS/c1-5-2-3-6(11-5)4-9-10-7(8)12/h2-4H,1H3,(H3,8,10,12)/p+1. The molecule has 0 saturated carbocycles. The zero-order valence-electron chi connectivity index (χ0n) is 6.63. The second-order valence-corrected chi connectivity index (χ2v) is 2.67. The van der Waals surface area contributed by atoms with Gasteiger partial charge in [0.15, 0.2) is 5.76 Å². The molecule has 1 aromatic rings. The third-order valence-corrected chi connectivity index (χ3v) is 1.27. The lowest BCUT2D eigenvalue weighted by Crippen LogP contribution is -2.82. The highest BCUT2D eigenvalue weighted by atomic mass is 32.1. The summed E-state index contributed by atoms with van der Waals surface area (Å²) in [6.45, 7) is 1.87. The molecule has 0 aromatic carbocycles. The van der Waals surface area contributed by atoms with Crippen LogP contribution in [0.4, 0.5) is 0 Å². The molecule has 0 atom stereocenters. The summed E-state index contributed by atoms with van der Waals surface area (Å²) >= 11 is 4.57. The van der Waals surface area contributed by atoms with Crippen LogP contribution in [0.25, 0.3) is 0 Å². The fourth-order valence-electron chi connectivity index (χ4n) is 0.709. The third kappa shape index (κ3) is 2.71. The SMILES string of the molecule is Cc1ccc(C=[NH+]NC(N)=S)o1. The fraction of sp³-hybridized carbons (Fsp3) is 0.143. The number of nitrogens with two attached hydrogens (primary N) is 1. The predicted molar refractivity (Wildman–Crippen MR) is 49.5 cm³/mol. The molecule has 0 fully saturated rings. The maximum Gasteiger partial charge on any atom is 0.233 e. The van der Waals surface area contributed by atoms with Crippen molar-refractivity contribution in [2.24, 2.45) is 5.73 Å². The van der Waals surface area contributed by atoms with E-state index in [1.807, 2.05) is 19.1 Å². The Balaban J connectivity index is 2.52. The molecule has 0 spiro atoms. The van der Waals surface area contributed by atoms with Crippen LogP contribution < -0.4 is 16.3 Å². The number of hydrogen-bond donors (Lipinski definition) is 3. The Hall–Kier alpha value is -1.36. The van der Waals surface area contributed by atoms with Crippen molar-refractivity contribution in [2.75, 3.05) is 0 Å². The van der Waals surface area contributed by atoms with E-state index in [9.17, 15) is 0 Å². The zero-order valence-corrected chi connectivity index (χ0v) is 7.44. The molecule has 0 radical (unpaired) electrons. The summed E-state index contributed by atoms with van der Waals surface area (Å²) in [5.41, 5.74) is 7.72. The number of furan rings is 1. The van der Waals surface area contributed by atoms with E-state index in [4.69, 9.17) is 10.2 Å². The Morgan fingerprint density at radius 1 is 1.75 bits per heavy atom. The van der Waals surface area contributed by atoms with E-state index in [-0.39, 0.29) is 5.11 Å². The van der Waals surface area contributed by atoms with E-state index in [1.165, 1.54) is 0 Å². The minimum Gasteiger partial charge on any atom is -0.456 e. The summed E-state index contributed by atoms with van der Waals surface area (Å²) < 4.78 is 5.22. The molecule has 0 aliphatic carbocycles. The van der Waals surface area contributed by atoms with Crippen LogP contribution in [-0.2, 0) is 0 Å². The number of aryl methyl sites for hydroxylation is 1. The molecule has 4 N–H and O–H groups in total. The number of hydrogen-bond acceptors (Lipinski definition) is 2. The Kier molecular flexibility index (Phi) is 2.82. The molecule has 64 valence electrons. The van der Waals surface area contributed by atoms with E-state index in [0.717, 1.165) is 11.5 Å². The smallest absolute Gasteiger partial charge is 0.233 e. The lowest BCUT2D eigenvalue weighted by atomic mass is 10.4. The first kappa shape index (κ1) is 8.73. The zero-order chi connectivity index (χ0) is 8.97. The molecule has 0 unspecified atom stereocenters. The highest BCUT2D eigenvalue weighted by molar-refractivity contribution is 7.80. The largest absolute Gasteiger partial charge is 0.456 e. The quantitative estimate of drug-likeness (QED) is 0.308. The van der Waals surface area contributed by atoms with Crippen molar-refractivity contribution in [1.29, 1.82) is 0 Å². The molecule has 0 aliphatic heterocycles. The Labute approximate surface area is 75.4 Å². The number of nitrogens with one attached hydrogen (secondary N) is 2. The second-order valence-electron chi connectivity index (χ2n) is 2.23. The van der Waals surface area contributed by atoms with Crippen LogP contribution in [0.2, 0.25) is 0 Å². The Morgan fingerprint density at radius 3 is 3.00 bits per heavy atom. The van der Waals surface area contributed by atoms with Gasteiger partial charge in [-0.25, -0.2) is 0 Å². The second kappa shape index (κ2) is 3.87.